The predicted octanol–water partition coefficient (Wildman–Crippen LogP) is 3.24. The van der Waals surface area contributed by atoms with Gasteiger partial charge in [-0.1, -0.05) is 0 Å². The topological polar surface area (TPSA) is 24.9 Å². The van der Waals surface area contributed by atoms with Crippen molar-refractivity contribution in [2.45, 2.75) is 0 Å². The van der Waals surface area contributed by atoms with E-state index in [0.29, 0.717) is 6.07 Å². The largest absolute Gasteiger partial charge is 0.335 e. The SMILES string of the molecule is Fc1ccc(Nc2ncccc2F)c(F)c1. The monoisotopic (exact) mass is 224 g/mol. The number of halogens is 3. The van der Waals surface area contributed by atoms with Gasteiger partial charge in [-0.2, -0.15) is 0 Å². The number of hydrogen-bond acceptors (Lipinski definition) is 2. The maximum absolute atomic E-state index is 13.2. The molecule has 2 nitrogen and oxygen atoms in total. The van der Waals surface area contributed by atoms with Crippen LogP contribution >= 0.6 is 0 Å². The minimum absolute atomic E-state index is 0.0287. The second-order valence-electron chi connectivity index (χ2n) is 3.08. The molecular formula is C11H7F3N2. The van der Waals surface area contributed by atoms with Gasteiger partial charge in [-0.15, -0.1) is 0 Å². The summed E-state index contributed by atoms with van der Waals surface area (Å²) >= 11 is 0. The molecule has 0 radical (unpaired) electrons. The lowest BCUT2D eigenvalue weighted by Gasteiger charge is -2.06. The van der Waals surface area contributed by atoms with Crippen molar-refractivity contribution in [3.63, 3.8) is 0 Å². The fraction of sp³-hybridized carbons (Fsp3) is 0. The average molecular weight is 224 g/mol. The number of aromatic nitrogens is 1. The zero-order valence-electron chi connectivity index (χ0n) is 8.05. The third-order valence-corrected chi connectivity index (χ3v) is 1.94. The van der Waals surface area contributed by atoms with Crippen molar-refractivity contribution in [2.75, 3.05) is 5.32 Å². The average Bonchev–Trinajstić information content (AvgIpc) is 2.25. The summed E-state index contributed by atoms with van der Waals surface area (Å²) in [4.78, 5) is 3.69. The van der Waals surface area contributed by atoms with Crippen LogP contribution in [0, 0.1) is 17.5 Å². The van der Waals surface area contributed by atoms with E-state index >= 15 is 0 Å². The Kier molecular flexibility index (Phi) is 2.76. The summed E-state index contributed by atoms with van der Waals surface area (Å²) in [5.74, 6) is -2.20. The Bertz CT molecular complexity index is 514. The van der Waals surface area contributed by atoms with Gasteiger partial charge >= 0.3 is 0 Å². The molecule has 0 atom stereocenters. The van der Waals surface area contributed by atoms with Crippen molar-refractivity contribution in [2.24, 2.45) is 0 Å². The van der Waals surface area contributed by atoms with E-state index in [1.165, 1.54) is 24.4 Å². The predicted molar refractivity (Wildman–Crippen MR) is 53.8 cm³/mol. The molecule has 1 aromatic heterocycles. The van der Waals surface area contributed by atoms with Crippen molar-refractivity contribution < 1.29 is 13.2 Å². The summed E-state index contributed by atoms with van der Waals surface area (Å²) in [6.07, 6.45) is 1.37. The summed E-state index contributed by atoms with van der Waals surface area (Å²) in [6.45, 7) is 0. The molecule has 0 bridgehead atoms. The maximum Gasteiger partial charge on any atom is 0.166 e. The Balaban J connectivity index is 2.31. The van der Waals surface area contributed by atoms with Crippen molar-refractivity contribution in [3.8, 4) is 0 Å². The molecule has 1 heterocycles. The zero-order chi connectivity index (χ0) is 11.5. The lowest BCUT2D eigenvalue weighted by molar-refractivity contribution is 0.585. The van der Waals surface area contributed by atoms with Crippen LogP contribution in [-0.2, 0) is 0 Å². The van der Waals surface area contributed by atoms with Crippen molar-refractivity contribution in [1.29, 1.82) is 0 Å². The van der Waals surface area contributed by atoms with Crippen LogP contribution in [0.25, 0.3) is 0 Å². The molecule has 0 saturated heterocycles. The number of rotatable bonds is 2. The highest BCUT2D eigenvalue weighted by Gasteiger charge is 2.07. The first-order valence-corrected chi connectivity index (χ1v) is 4.49. The number of anilines is 2. The van der Waals surface area contributed by atoms with Crippen LogP contribution in [0.1, 0.15) is 0 Å². The highest BCUT2D eigenvalue weighted by molar-refractivity contribution is 5.56. The Morgan fingerprint density at radius 3 is 2.50 bits per heavy atom. The first kappa shape index (κ1) is 10.5. The molecule has 0 saturated carbocycles. The summed E-state index contributed by atoms with van der Waals surface area (Å²) in [7, 11) is 0. The van der Waals surface area contributed by atoms with E-state index in [1.54, 1.807) is 0 Å². The number of pyridine rings is 1. The molecule has 1 N–H and O–H groups in total. The minimum atomic E-state index is -0.801. The first-order valence-electron chi connectivity index (χ1n) is 4.49. The second-order valence-corrected chi connectivity index (χ2v) is 3.08. The summed E-state index contributed by atoms with van der Waals surface area (Å²) in [5.41, 5.74) is -0.0287. The summed E-state index contributed by atoms with van der Waals surface area (Å²) in [5, 5.41) is 2.44. The van der Waals surface area contributed by atoms with E-state index in [9.17, 15) is 13.2 Å². The van der Waals surface area contributed by atoms with Gasteiger partial charge in [0.05, 0.1) is 5.69 Å². The minimum Gasteiger partial charge on any atom is -0.335 e. The van der Waals surface area contributed by atoms with E-state index in [0.717, 1.165) is 6.07 Å². The van der Waals surface area contributed by atoms with Crippen LogP contribution in [0.4, 0.5) is 24.7 Å². The molecule has 5 heteroatoms. The second kappa shape index (κ2) is 4.22. The first-order chi connectivity index (χ1) is 7.66. The maximum atomic E-state index is 13.2. The molecule has 1 aromatic carbocycles. The third kappa shape index (κ3) is 2.13. The number of nitrogens with zero attached hydrogens (tertiary/aromatic N) is 1. The molecule has 0 aliphatic carbocycles. The van der Waals surface area contributed by atoms with E-state index in [2.05, 4.69) is 10.3 Å². The molecule has 2 rings (SSSR count). The van der Waals surface area contributed by atoms with Crippen LogP contribution < -0.4 is 5.32 Å². The molecule has 0 unspecified atom stereocenters. The van der Waals surface area contributed by atoms with Crippen molar-refractivity contribution in [1.82, 2.24) is 4.98 Å². The Morgan fingerprint density at radius 1 is 1.00 bits per heavy atom. The fourth-order valence-corrected chi connectivity index (χ4v) is 1.20. The van der Waals surface area contributed by atoms with Crippen LogP contribution in [-0.4, -0.2) is 4.98 Å². The Morgan fingerprint density at radius 2 is 1.81 bits per heavy atom. The third-order valence-electron chi connectivity index (χ3n) is 1.94. The molecule has 0 aliphatic heterocycles. The zero-order valence-corrected chi connectivity index (χ0v) is 8.05. The van der Waals surface area contributed by atoms with Crippen molar-refractivity contribution in [3.05, 3.63) is 54.0 Å². The molecule has 2 aromatic rings. The van der Waals surface area contributed by atoms with E-state index < -0.39 is 17.5 Å². The number of hydrogen-bond donors (Lipinski definition) is 1. The number of benzene rings is 1. The Hall–Kier alpha value is -2.04. The van der Waals surface area contributed by atoms with Gasteiger partial charge in [0.1, 0.15) is 11.6 Å². The van der Waals surface area contributed by atoms with E-state index in [4.69, 9.17) is 0 Å². The van der Waals surface area contributed by atoms with Crippen LogP contribution in [0.2, 0.25) is 0 Å². The standard InChI is InChI=1S/C11H7F3N2/c12-7-3-4-10(9(14)6-7)16-11-8(13)2-1-5-15-11/h1-6H,(H,15,16). The van der Waals surface area contributed by atoms with Gasteiger partial charge in [0.2, 0.25) is 0 Å². The van der Waals surface area contributed by atoms with Gasteiger partial charge in [-0.3, -0.25) is 0 Å². The van der Waals surface area contributed by atoms with E-state index in [1.807, 2.05) is 0 Å². The quantitative estimate of drug-likeness (QED) is 0.846. The molecule has 0 fully saturated rings. The molecule has 0 aliphatic rings. The summed E-state index contributed by atoms with van der Waals surface area (Å²) in [6, 6.07) is 5.58. The van der Waals surface area contributed by atoms with Crippen LogP contribution in [0.5, 0.6) is 0 Å². The highest BCUT2D eigenvalue weighted by atomic mass is 19.1. The summed E-state index contributed by atoms with van der Waals surface area (Å²) < 4.78 is 39.0. The Labute approximate surface area is 89.8 Å². The lowest BCUT2D eigenvalue weighted by Crippen LogP contribution is -1.98. The number of nitrogens with one attached hydrogen (secondary N) is 1. The lowest BCUT2D eigenvalue weighted by atomic mass is 10.3. The molecule has 16 heavy (non-hydrogen) atoms. The van der Waals surface area contributed by atoms with Gasteiger partial charge in [0.25, 0.3) is 0 Å². The normalized spacial score (nSPS) is 10.2. The highest BCUT2D eigenvalue weighted by Crippen LogP contribution is 2.20. The van der Waals surface area contributed by atoms with Crippen LogP contribution in [0.3, 0.4) is 0 Å². The molecule has 82 valence electrons. The van der Waals surface area contributed by atoms with Gasteiger partial charge in [0, 0.05) is 12.3 Å². The molecule has 0 amide bonds. The van der Waals surface area contributed by atoms with Gasteiger partial charge in [-0.05, 0) is 24.3 Å². The molecular weight excluding hydrogens is 217 g/mol. The van der Waals surface area contributed by atoms with Crippen molar-refractivity contribution >= 4 is 11.5 Å². The van der Waals surface area contributed by atoms with Crippen LogP contribution in [0.15, 0.2) is 36.5 Å². The molecule has 0 spiro atoms. The van der Waals surface area contributed by atoms with Gasteiger partial charge in [-0.25, -0.2) is 18.2 Å². The fourth-order valence-electron chi connectivity index (χ4n) is 1.20. The van der Waals surface area contributed by atoms with Gasteiger partial charge < -0.3 is 5.32 Å². The smallest absolute Gasteiger partial charge is 0.166 e. The van der Waals surface area contributed by atoms with E-state index in [-0.39, 0.29) is 11.5 Å². The van der Waals surface area contributed by atoms with Gasteiger partial charge in [0.15, 0.2) is 11.6 Å².